The molecule has 0 bridgehead atoms. The summed E-state index contributed by atoms with van der Waals surface area (Å²) in [5, 5.41) is 18.1. The maximum Gasteiger partial charge on any atom is 0.276 e. The lowest BCUT2D eigenvalue weighted by Crippen LogP contribution is -2.29. The fraction of sp³-hybridized carbons (Fsp3) is 0.538. The van der Waals surface area contributed by atoms with Gasteiger partial charge >= 0.3 is 0 Å². The summed E-state index contributed by atoms with van der Waals surface area (Å²) in [6.45, 7) is 2.46. The molecule has 0 saturated carbocycles. The van der Waals surface area contributed by atoms with E-state index in [0.29, 0.717) is 18.3 Å². The van der Waals surface area contributed by atoms with Crippen LogP contribution in [-0.2, 0) is 6.54 Å². The van der Waals surface area contributed by atoms with Crippen LogP contribution >= 0.6 is 0 Å². The highest BCUT2D eigenvalue weighted by atomic mass is 16.2. The van der Waals surface area contributed by atoms with Crippen LogP contribution in [0.15, 0.2) is 18.6 Å². The fourth-order valence-corrected chi connectivity index (χ4v) is 2.53. The molecule has 0 atom stereocenters. The van der Waals surface area contributed by atoms with Crippen LogP contribution in [0.2, 0.25) is 0 Å². The molecule has 2 aromatic rings. The standard InChI is InChI=1S/C13H19N7O/c1-19(8-10-6-15-16-7-10)13(21)12-9-20(18-17-12)11-2-4-14-5-3-11/h6-7,9,11,14H,2-5,8H2,1H3,(H,15,16). The van der Waals surface area contributed by atoms with Gasteiger partial charge in [0.15, 0.2) is 5.69 Å². The molecule has 0 aromatic carbocycles. The summed E-state index contributed by atoms with van der Waals surface area (Å²) >= 11 is 0. The lowest BCUT2D eigenvalue weighted by molar-refractivity contribution is 0.0779. The smallest absolute Gasteiger partial charge is 0.276 e. The Morgan fingerprint density at radius 1 is 1.48 bits per heavy atom. The Morgan fingerprint density at radius 3 is 3.00 bits per heavy atom. The number of aromatic amines is 1. The zero-order chi connectivity index (χ0) is 14.7. The van der Waals surface area contributed by atoms with Crippen molar-refractivity contribution >= 4 is 5.91 Å². The van der Waals surface area contributed by atoms with E-state index in [1.54, 1.807) is 30.5 Å². The Bertz CT molecular complexity index is 585. The quantitative estimate of drug-likeness (QED) is 0.839. The number of nitrogens with one attached hydrogen (secondary N) is 2. The molecule has 3 rings (SSSR count). The van der Waals surface area contributed by atoms with Gasteiger partial charge in [0.1, 0.15) is 0 Å². The highest BCUT2D eigenvalue weighted by molar-refractivity contribution is 5.91. The summed E-state index contributed by atoms with van der Waals surface area (Å²) < 4.78 is 1.82. The number of H-pyrrole nitrogens is 1. The minimum absolute atomic E-state index is 0.128. The largest absolute Gasteiger partial charge is 0.336 e. The summed E-state index contributed by atoms with van der Waals surface area (Å²) in [4.78, 5) is 13.9. The van der Waals surface area contributed by atoms with Gasteiger partial charge in [-0.15, -0.1) is 5.10 Å². The van der Waals surface area contributed by atoms with Crippen LogP contribution in [0.5, 0.6) is 0 Å². The van der Waals surface area contributed by atoms with E-state index in [0.717, 1.165) is 31.5 Å². The minimum atomic E-state index is -0.128. The second-order valence-corrected chi connectivity index (χ2v) is 5.33. The van der Waals surface area contributed by atoms with Gasteiger partial charge in [-0.05, 0) is 25.9 Å². The number of piperidine rings is 1. The van der Waals surface area contributed by atoms with Gasteiger partial charge in [-0.25, -0.2) is 4.68 Å². The van der Waals surface area contributed by atoms with Crippen LogP contribution in [-0.4, -0.2) is 56.1 Å². The monoisotopic (exact) mass is 289 g/mol. The van der Waals surface area contributed by atoms with Crippen molar-refractivity contribution < 1.29 is 4.79 Å². The molecule has 0 spiro atoms. The first-order valence-electron chi connectivity index (χ1n) is 7.09. The van der Waals surface area contributed by atoms with E-state index in [9.17, 15) is 4.79 Å². The van der Waals surface area contributed by atoms with Gasteiger partial charge in [-0.1, -0.05) is 5.21 Å². The lowest BCUT2D eigenvalue weighted by Gasteiger charge is -2.22. The summed E-state index contributed by atoms with van der Waals surface area (Å²) in [7, 11) is 1.75. The van der Waals surface area contributed by atoms with Gasteiger partial charge in [-0.3, -0.25) is 9.89 Å². The molecule has 2 aromatic heterocycles. The van der Waals surface area contributed by atoms with Crippen molar-refractivity contribution in [1.82, 2.24) is 35.4 Å². The van der Waals surface area contributed by atoms with Crippen molar-refractivity contribution in [1.29, 1.82) is 0 Å². The van der Waals surface area contributed by atoms with Crippen molar-refractivity contribution in [3.8, 4) is 0 Å². The van der Waals surface area contributed by atoms with E-state index in [-0.39, 0.29) is 5.91 Å². The van der Waals surface area contributed by atoms with Gasteiger partial charge in [0.2, 0.25) is 0 Å². The molecule has 21 heavy (non-hydrogen) atoms. The predicted octanol–water partition coefficient (Wildman–Crippen LogP) is 0.198. The molecule has 1 aliphatic rings. The van der Waals surface area contributed by atoms with E-state index in [1.807, 2.05) is 4.68 Å². The molecule has 1 amide bonds. The zero-order valence-electron chi connectivity index (χ0n) is 12.0. The first-order chi connectivity index (χ1) is 10.2. The van der Waals surface area contributed by atoms with Crippen molar-refractivity contribution in [2.24, 2.45) is 0 Å². The third-order valence-electron chi connectivity index (χ3n) is 3.73. The van der Waals surface area contributed by atoms with Crippen LogP contribution in [0.4, 0.5) is 0 Å². The van der Waals surface area contributed by atoms with E-state index < -0.39 is 0 Å². The van der Waals surface area contributed by atoms with Gasteiger partial charge in [0.05, 0.1) is 18.4 Å². The Labute approximate surface area is 122 Å². The first kappa shape index (κ1) is 13.7. The molecule has 0 aliphatic carbocycles. The number of rotatable bonds is 4. The van der Waals surface area contributed by atoms with Crippen molar-refractivity contribution in [2.75, 3.05) is 20.1 Å². The van der Waals surface area contributed by atoms with E-state index in [2.05, 4.69) is 25.8 Å². The summed E-state index contributed by atoms with van der Waals surface area (Å²) in [6.07, 6.45) is 7.26. The Balaban J connectivity index is 1.65. The average Bonchev–Trinajstić information content (AvgIpc) is 3.18. The highest BCUT2D eigenvalue weighted by Gasteiger charge is 2.20. The third-order valence-corrected chi connectivity index (χ3v) is 3.73. The van der Waals surface area contributed by atoms with Gasteiger partial charge in [0, 0.05) is 25.4 Å². The van der Waals surface area contributed by atoms with E-state index in [1.165, 1.54) is 0 Å². The number of hydrogen-bond acceptors (Lipinski definition) is 5. The topological polar surface area (TPSA) is 91.7 Å². The zero-order valence-corrected chi connectivity index (χ0v) is 12.0. The second-order valence-electron chi connectivity index (χ2n) is 5.33. The maximum absolute atomic E-state index is 12.3. The van der Waals surface area contributed by atoms with Gasteiger partial charge in [0.25, 0.3) is 5.91 Å². The van der Waals surface area contributed by atoms with Crippen LogP contribution in [0.3, 0.4) is 0 Å². The lowest BCUT2D eigenvalue weighted by atomic mass is 10.1. The predicted molar refractivity (Wildman–Crippen MR) is 75.5 cm³/mol. The van der Waals surface area contributed by atoms with Crippen molar-refractivity contribution in [3.05, 3.63) is 29.8 Å². The number of aromatic nitrogens is 5. The Morgan fingerprint density at radius 2 is 2.29 bits per heavy atom. The molecule has 0 unspecified atom stereocenters. The van der Waals surface area contributed by atoms with Crippen LogP contribution in [0.1, 0.15) is 34.9 Å². The molecule has 112 valence electrons. The molecular formula is C13H19N7O. The number of nitrogens with zero attached hydrogens (tertiary/aromatic N) is 5. The summed E-state index contributed by atoms with van der Waals surface area (Å²) in [5.41, 5.74) is 1.34. The number of amides is 1. The molecule has 1 fully saturated rings. The normalized spacial score (nSPS) is 16.0. The molecular weight excluding hydrogens is 270 g/mol. The van der Waals surface area contributed by atoms with Gasteiger partial charge < -0.3 is 10.2 Å². The minimum Gasteiger partial charge on any atom is -0.336 e. The molecule has 8 heteroatoms. The number of carbonyl (C=O) groups excluding carboxylic acids is 1. The molecule has 2 N–H and O–H groups in total. The highest BCUT2D eigenvalue weighted by Crippen LogP contribution is 2.17. The van der Waals surface area contributed by atoms with Crippen LogP contribution in [0, 0.1) is 0 Å². The maximum atomic E-state index is 12.3. The van der Waals surface area contributed by atoms with Crippen LogP contribution in [0.25, 0.3) is 0 Å². The molecule has 1 aliphatic heterocycles. The second kappa shape index (κ2) is 6.04. The average molecular weight is 289 g/mol. The van der Waals surface area contributed by atoms with Crippen LogP contribution < -0.4 is 5.32 Å². The SMILES string of the molecule is CN(Cc1cn[nH]c1)C(=O)c1cn(C2CCNCC2)nn1. The van der Waals surface area contributed by atoms with E-state index >= 15 is 0 Å². The van der Waals surface area contributed by atoms with E-state index in [4.69, 9.17) is 0 Å². The molecule has 1 saturated heterocycles. The van der Waals surface area contributed by atoms with Crippen molar-refractivity contribution in [2.45, 2.75) is 25.4 Å². The number of hydrogen-bond donors (Lipinski definition) is 2. The summed E-state index contributed by atoms with van der Waals surface area (Å²) in [6, 6.07) is 0.333. The van der Waals surface area contributed by atoms with Crippen molar-refractivity contribution in [3.63, 3.8) is 0 Å². The Kier molecular flexibility index (Phi) is 3.96. The molecule has 8 nitrogen and oxygen atoms in total. The molecule has 3 heterocycles. The summed E-state index contributed by atoms with van der Waals surface area (Å²) in [5.74, 6) is -0.128. The Hall–Kier alpha value is -2.22. The fourth-order valence-electron chi connectivity index (χ4n) is 2.53. The first-order valence-corrected chi connectivity index (χ1v) is 7.09. The third kappa shape index (κ3) is 3.10. The van der Waals surface area contributed by atoms with Gasteiger partial charge in [-0.2, -0.15) is 5.10 Å². The molecule has 0 radical (unpaired) electrons. The number of carbonyl (C=O) groups is 1.